The van der Waals surface area contributed by atoms with Gasteiger partial charge < -0.3 is 14.2 Å². The Hall–Kier alpha value is -1.43. The van der Waals surface area contributed by atoms with Crippen LogP contribution in [0.4, 0.5) is 0 Å². The van der Waals surface area contributed by atoms with Crippen LogP contribution in [0.3, 0.4) is 0 Å². The van der Waals surface area contributed by atoms with Crippen molar-refractivity contribution in [3.8, 4) is 0 Å². The molecule has 3 fully saturated rings. The van der Waals surface area contributed by atoms with Gasteiger partial charge in [0, 0.05) is 44.6 Å². The predicted molar refractivity (Wildman–Crippen MR) is 82.8 cm³/mol. The molecule has 2 aliphatic heterocycles. The smallest absolute Gasteiger partial charge is 0.229 e. The standard InChI is InChI=1S/C17H25N3O3/c21-17(14-6-9-22-10-7-14)20-8-5-12(11-20)1-4-15-18-16(23-19-15)13-2-3-13/h12-14H,1-11H2. The van der Waals surface area contributed by atoms with Crippen LogP contribution >= 0.6 is 0 Å². The molecule has 2 saturated heterocycles. The van der Waals surface area contributed by atoms with E-state index >= 15 is 0 Å². The summed E-state index contributed by atoms with van der Waals surface area (Å²) in [5.74, 6) is 3.27. The predicted octanol–water partition coefficient (Wildman–Crippen LogP) is 2.15. The molecule has 0 bridgehead atoms. The molecule has 126 valence electrons. The van der Waals surface area contributed by atoms with Crippen molar-refractivity contribution in [2.24, 2.45) is 11.8 Å². The Morgan fingerprint density at radius 2 is 2.00 bits per heavy atom. The van der Waals surface area contributed by atoms with Gasteiger partial charge in [-0.05, 0) is 44.4 Å². The van der Waals surface area contributed by atoms with Crippen LogP contribution in [0.1, 0.15) is 56.2 Å². The summed E-state index contributed by atoms with van der Waals surface area (Å²) in [4.78, 5) is 19.1. The second-order valence-electron chi connectivity index (χ2n) is 7.19. The lowest BCUT2D eigenvalue weighted by Gasteiger charge is -2.26. The Bertz CT molecular complexity index is 549. The Morgan fingerprint density at radius 3 is 2.78 bits per heavy atom. The van der Waals surface area contributed by atoms with E-state index in [2.05, 4.69) is 15.0 Å². The highest BCUT2D eigenvalue weighted by Crippen LogP contribution is 2.39. The zero-order valence-electron chi connectivity index (χ0n) is 13.6. The monoisotopic (exact) mass is 319 g/mol. The van der Waals surface area contributed by atoms with E-state index in [-0.39, 0.29) is 5.92 Å². The van der Waals surface area contributed by atoms with Crippen molar-refractivity contribution in [2.75, 3.05) is 26.3 Å². The van der Waals surface area contributed by atoms with Crippen LogP contribution in [0, 0.1) is 11.8 Å². The summed E-state index contributed by atoms with van der Waals surface area (Å²) in [6.45, 7) is 3.26. The van der Waals surface area contributed by atoms with Crippen LogP contribution in [-0.2, 0) is 16.0 Å². The van der Waals surface area contributed by atoms with Crippen LogP contribution < -0.4 is 0 Å². The summed E-state index contributed by atoms with van der Waals surface area (Å²) in [7, 11) is 0. The van der Waals surface area contributed by atoms with Crippen LogP contribution in [0.5, 0.6) is 0 Å². The third-order valence-corrected chi connectivity index (χ3v) is 5.35. The topological polar surface area (TPSA) is 68.5 Å². The average molecular weight is 319 g/mol. The number of rotatable bonds is 5. The van der Waals surface area contributed by atoms with Crippen molar-refractivity contribution < 1.29 is 14.1 Å². The van der Waals surface area contributed by atoms with Crippen molar-refractivity contribution in [2.45, 2.75) is 50.9 Å². The Kier molecular flexibility index (Phi) is 4.33. The number of amides is 1. The van der Waals surface area contributed by atoms with Gasteiger partial charge in [-0.1, -0.05) is 5.16 Å². The summed E-state index contributed by atoms with van der Waals surface area (Å²) in [5.41, 5.74) is 0. The van der Waals surface area contributed by atoms with Crippen molar-refractivity contribution in [3.63, 3.8) is 0 Å². The molecule has 1 aromatic rings. The molecule has 1 aromatic heterocycles. The van der Waals surface area contributed by atoms with Crippen LogP contribution in [0.2, 0.25) is 0 Å². The zero-order chi connectivity index (χ0) is 15.6. The van der Waals surface area contributed by atoms with Crippen molar-refractivity contribution >= 4 is 5.91 Å². The van der Waals surface area contributed by atoms with Crippen LogP contribution in [0.25, 0.3) is 0 Å². The van der Waals surface area contributed by atoms with Crippen molar-refractivity contribution in [3.05, 3.63) is 11.7 Å². The summed E-state index contributed by atoms with van der Waals surface area (Å²) in [6, 6.07) is 0. The lowest BCUT2D eigenvalue weighted by molar-refractivity contribution is -0.137. The van der Waals surface area contributed by atoms with Gasteiger partial charge in [0.2, 0.25) is 11.8 Å². The first-order valence-corrected chi connectivity index (χ1v) is 8.98. The van der Waals surface area contributed by atoms with E-state index in [4.69, 9.17) is 9.26 Å². The van der Waals surface area contributed by atoms with E-state index in [0.717, 1.165) is 70.1 Å². The minimum absolute atomic E-state index is 0.181. The highest BCUT2D eigenvalue weighted by Gasteiger charge is 2.32. The number of aromatic nitrogens is 2. The molecule has 0 N–H and O–H groups in total. The number of hydrogen-bond acceptors (Lipinski definition) is 5. The van der Waals surface area contributed by atoms with Crippen molar-refractivity contribution in [1.29, 1.82) is 0 Å². The number of carbonyl (C=O) groups excluding carboxylic acids is 1. The highest BCUT2D eigenvalue weighted by atomic mass is 16.5. The van der Waals surface area contributed by atoms with Gasteiger partial charge in [-0.2, -0.15) is 4.98 Å². The molecule has 6 heteroatoms. The number of likely N-dealkylation sites (tertiary alicyclic amines) is 1. The van der Waals surface area contributed by atoms with Crippen molar-refractivity contribution in [1.82, 2.24) is 15.0 Å². The number of ether oxygens (including phenoxy) is 1. The van der Waals surface area contributed by atoms with Crippen LogP contribution in [0.15, 0.2) is 4.52 Å². The fourth-order valence-electron chi connectivity index (χ4n) is 3.67. The Labute approximate surface area is 136 Å². The Morgan fingerprint density at radius 1 is 1.17 bits per heavy atom. The maximum atomic E-state index is 12.5. The third-order valence-electron chi connectivity index (χ3n) is 5.35. The summed E-state index contributed by atoms with van der Waals surface area (Å²) >= 11 is 0. The normalized spacial score (nSPS) is 25.9. The number of aryl methyl sites for hydroxylation is 1. The second-order valence-corrected chi connectivity index (χ2v) is 7.19. The van der Waals surface area contributed by atoms with Gasteiger partial charge in [0.25, 0.3) is 0 Å². The molecule has 23 heavy (non-hydrogen) atoms. The number of nitrogens with zero attached hydrogens (tertiary/aromatic N) is 3. The lowest BCUT2D eigenvalue weighted by atomic mass is 9.98. The zero-order valence-corrected chi connectivity index (χ0v) is 13.6. The van der Waals surface area contributed by atoms with Gasteiger partial charge in [-0.3, -0.25) is 4.79 Å². The van der Waals surface area contributed by atoms with E-state index in [1.165, 1.54) is 12.8 Å². The quantitative estimate of drug-likeness (QED) is 0.832. The second kappa shape index (κ2) is 6.59. The first-order valence-electron chi connectivity index (χ1n) is 8.98. The van der Waals surface area contributed by atoms with E-state index in [1.807, 2.05) is 0 Å². The molecule has 0 radical (unpaired) electrons. The SMILES string of the molecule is O=C(C1CCOCC1)N1CCC(CCc2noc(C3CC3)n2)C1. The molecular weight excluding hydrogens is 294 g/mol. The first-order chi connectivity index (χ1) is 11.3. The minimum atomic E-state index is 0.181. The molecular formula is C17H25N3O3. The fourth-order valence-corrected chi connectivity index (χ4v) is 3.67. The molecule has 1 aliphatic carbocycles. The summed E-state index contributed by atoms with van der Waals surface area (Å²) in [5, 5.41) is 4.09. The van der Waals surface area contributed by atoms with E-state index in [0.29, 0.717) is 17.7 Å². The lowest BCUT2D eigenvalue weighted by Crippen LogP contribution is -2.37. The fraction of sp³-hybridized carbons (Fsp3) is 0.824. The summed E-state index contributed by atoms with van der Waals surface area (Å²) in [6.07, 6.45) is 7.14. The molecule has 0 spiro atoms. The van der Waals surface area contributed by atoms with E-state index < -0.39 is 0 Å². The Balaban J connectivity index is 1.24. The van der Waals surface area contributed by atoms with E-state index in [1.54, 1.807) is 0 Å². The molecule has 0 aromatic carbocycles. The maximum absolute atomic E-state index is 12.5. The molecule has 3 heterocycles. The highest BCUT2D eigenvalue weighted by molar-refractivity contribution is 5.79. The average Bonchev–Trinajstić information content (AvgIpc) is 3.15. The molecule has 1 atom stereocenters. The van der Waals surface area contributed by atoms with Gasteiger partial charge in [0.15, 0.2) is 5.82 Å². The minimum Gasteiger partial charge on any atom is -0.381 e. The molecule has 3 aliphatic rings. The largest absolute Gasteiger partial charge is 0.381 e. The van der Waals surface area contributed by atoms with Crippen LogP contribution in [-0.4, -0.2) is 47.3 Å². The first kappa shape index (κ1) is 15.1. The summed E-state index contributed by atoms with van der Waals surface area (Å²) < 4.78 is 10.7. The molecule has 1 unspecified atom stereocenters. The number of carbonyl (C=O) groups is 1. The molecule has 4 rings (SSSR count). The third kappa shape index (κ3) is 3.57. The van der Waals surface area contributed by atoms with E-state index in [9.17, 15) is 4.79 Å². The van der Waals surface area contributed by atoms with Gasteiger partial charge in [-0.25, -0.2) is 0 Å². The molecule has 6 nitrogen and oxygen atoms in total. The molecule has 1 amide bonds. The maximum Gasteiger partial charge on any atom is 0.229 e. The van der Waals surface area contributed by atoms with Gasteiger partial charge in [-0.15, -0.1) is 0 Å². The number of hydrogen-bond donors (Lipinski definition) is 0. The van der Waals surface area contributed by atoms with Gasteiger partial charge >= 0.3 is 0 Å². The van der Waals surface area contributed by atoms with Gasteiger partial charge in [0.1, 0.15) is 0 Å². The van der Waals surface area contributed by atoms with Gasteiger partial charge in [0.05, 0.1) is 0 Å². The molecule has 1 saturated carbocycles.